The zero-order chi connectivity index (χ0) is 14.4. The summed E-state index contributed by atoms with van der Waals surface area (Å²) in [7, 11) is 0. The van der Waals surface area contributed by atoms with Gasteiger partial charge >= 0.3 is 11.9 Å². The maximum Gasteiger partial charge on any atom is 0.324 e. The first-order valence-electron chi connectivity index (χ1n) is 6.35. The van der Waals surface area contributed by atoms with E-state index in [0.717, 1.165) is 0 Å². The fourth-order valence-electron chi connectivity index (χ4n) is 1.81. The standard InChI is InChI=1S/C14H24O4/c1-9-8-14(9,10(15)17-12(2,3)4)11(16)18-13(5,6)7/h9H,8H2,1-7H3. The van der Waals surface area contributed by atoms with Crippen LogP contribution in [0.1, 0.15) is 54.9 Å². The third-order valence-corrected chi connectivity index (χ3v) is 2.84. The molecule has 0 aromatic rings. The minimum absolute atomic E-state index is 0.0119. The normalized spacial score (nSPS) is 22.3. The fraction of sp³-hybridized carbons (Fsp3) is 0.857. The smallest absolute Gasteiger partial charge is 0.324 e. The van der Waals surface area contributed by atoms with Crippen LogP contribution in [-0.2, 0) is 19.1 Å². The Morgan fingerprint density at radius 2 is 1.22 bits per heavy atom. The Morgan fingerprint density at radius 1 is 0.944 bits per heavy atom. The topological polar surface area (TPSA) is 52.6 Å². The van der Waals surface area contributed by atoms with Crippen molar-refractivity contribution in [3.8, 4) is 0 Å². The van der Waals surface area contributed by atoms with E-state index in [-0.39, 0.29) is 5.92 Å². The van der Waals surface area contributed by atoms with Crippen LogP contribution >= 0.6 is 0 Å². The maximum atomic E-state index is 12.2. The van der Waals surface area contributed by atoms with E-state index in [1.165, 1.54) is 0 Å². The maximum absolute atomic E-state index is 12.2. The van der Waals surface area contributed by atoms with Crippen molar-refractivity contribution >= 4 is 11.9 Å². The molecule has 0 aromatic heterocycles. The monoisotopic (exact) mass is 256 g/mol. The molecule has 1 atom stereocenters. The van der Waals surface area contributed by atoms with E-state index in [9.17, 15) is 9.59 Å². The lowest BCUT2D eigenvalue weighted by Gasteiger charge is -2.26. The van der Waals surface area contributed by atoms with Gasteiger partial charge in [-0.25, -0.2) is 0 Å². The van der Waals surface area contributed by atoms with Crippen LogP contribution in [0.25, 0.3) is 0 Å². The van der Waals surface area contributed by atoms with Crippen LogP contribution in [0.15, 0.2) is 0 Å². The highest BCUT2D eigenvalue weighted by Gasteiger charge is 2.66. The van der Waals surface area contributed by atoms with Gasteiger partial charge in [0.05, 0.1) is 0 Å². The molecule has 1 unspecified atom stereocenters. The highest BCUT2D eigenvalue weighted by Crippen LogP contribution is 2.55. The predicted octanol–water partition coefficient (Wildman–Crippen LogP) is 2.70. The first kappa shape index (κ1) is 15.0. The summed E-state index contributed by atoms with van der Waals surface area (Å²) in [5, 5.41) is 0. The average molecular weight is 256 g/mol. The number of hydrogen-bond acceptors (Lipinski definition) is 4. The van der Waals surface area contributed by atoms with E-state index in [1.807, 2.05) is 6.92 Å². The molecule has 0 amide bonds. The molecule has 0 bridgehead atoms. The van der Waals surface area contributed by atoms with Gasteiger partial charge in [0.15, 0.2) is 5.41 Å². The summed E-state index contributed by atoms with van der Waals surface area (Å²) in [6, 6.07) is 0. The lowest BCUT2D eigenvalue weighted by atomic mass is 10.0. The molecule has 1 aliphatic carbocycles. The molecule has 18 heavy (non-hydrogen) atoms. The van der Waals surface area contributed by atoms with Gasteiger partial charge in [0.1, 0.15) is 11.2 Å². The number of rotatable bonds is 2. The molecule has 0 spiro atoms. The molecule has 1 aliphatic rings. The van der Waals surface area contributed by atoms with Gasteiger partial charge in [0.2, 0.25) is 0 Å². The molecule has 0 aliphatic heterocycles. The first-order valence-corrected chi connectivity index (χ1v) is 6.35. The van der Waals surface area contributed by atoms with Crippen LogP contribution < -0.4 is 0 Å². The number of hydrogen-bond donors (Lipinski definition) is 0. The summed E-state index contributed by atoms with van der Waals surface area (Å²) >= 11 is 0. The fourth-order valence-corrected chi connectivity index (χ4v) is 1.81. The van der Waals surface area contributed by atoms with Gasteiger partial charge in [-0.15, -0.1) is 0 Å². The molecule has 0 aromatic carbocycles. The van der Waals surface area contributed by atoms with Crippen LogP contribution in [0.2, 0.25) is 0 Å². The minimum atomic E-state index is -1.08. The lowest BCUT2D eigenvalue weighted by Crippen LogP contribution is -2.39. The Morgan fingerprint density at radius 3 is 1.39 bits per heavy atom. The molecular weight excluding hydrogens is 232 g/mol. The third kappa shape index (κ3) is 3.24. The van der Waals surface area contributed by atoms with E-state index >= 15 is 0 Å². The Balaban J connectivity index is 2.82. The second kappa shape index (κ2) is 4.25. The molecule has 1 saturated carbocycles. The Kier molecular flexibility index (Phi) is 3.54. The van der Waals surface area contributed by atoms with E-state index < -0.39 is 28.6 Å². The van der Waals surface area contributed by atoms with Crippen LogP contribution in [0, 0.1) is 11.3 Å². The largest absolute Gasteiger partial charge is 0.459 e. The summed E-state index contributed by atoms with van der Waals surface area (Å²) in [6.45, 7) is 12.6. The van der Waals surface area contributed by atoms with Crippen molar-refractivity contribution in [1.29, 1.82) is 0 Å². The number of carbonyl (C=O) groups excluding carboxylic acids is 2. The molecule has 4 heteroatoms. The number of carbonyl (C=O) groups is 2. The van der Waals surface area contributed by atoms with Crippen molar-refractivity contribution in [2.24, 2.45) is 11.3 Å². The zero-order valence-electron chi connectivity index (χ0n) is 12.4. The molecule has 0 saturated heterocycles. The van der Waals surface area contributed by atoms with Crippen LogP contribution in [0.3, 0.4) is 0 Å². The SMILES string of the molecule is CC1CC1(C(=O)OC(C)(C)C)C(=O)OC(C)(C)C. The van der Waals surface area contributed by atoms with Crippen molar-refractivity contribution in [2.45, 2.75) is 66.1 Å². The van der Waals surface area contributed by atoms with Gasteiger partial charge in [-0.3, -0.25) is 9.59 Å². The molecule has 1 fully saturated rings. The second-order valence-corrected chi connectivity index (χ2v) is 7.08. The van der Waals surface area contributed by atoms with Crippen LogP contribution in [0.5, 0.6) is 0 Å². The van der Waals surface area contributed by atoms with Crippen molar-refractivity contribution in [1.82, 2.24) is 0 Å². The molecule has 104 valence electrons. The Hall–Kier alpha value is -1.06. The van der Waals surface area contributed by atoms with Gasteiger partial charge in [0.25, 0.3) is 0 Å². The van der Waals surface area contributed by atoms with E-state index in [1.54, 1.807) is 41.5 Å². The molecule has 0 radical (unpaired) electrons. The average Bonchev–Trinajstić information content (AvgIpc) is 2.72. The number of ether oxygens (including phenoxy) is 2. The first-order chi connectivity index (χ1) is 7.88. The van der Waals surface area contributed by atoms with Gasteiger partial charge in [-0.1, -0.05) is 6.92 Å². The summed E-state index contributed by atoms with van der Waals surface area (Å²) in [5.74, 6) is -0.935. The quantitative estimate of drug-likeness (QED) is 0.563. The Labute approximate surface area is 109 Å². The van der Waals surface area contributed by atoms with Crippen LogP contribution in [0.4, 0.5) is 0 Å². The van der Waals surface area contributed by atoms with Crippen molar-refractivity contribution in [3.63, 3.8) is 0 Å². The summed E-state index contributed by atoms with van der Waals surface area (Å²) in [5.41, 5.74) is -2.26. The van der Waals surface area contributed by atoms with Gasteiger partial charge in [-0.2, -0.15) is 0 Å². The van der Waals surface area contributed by atoms with Crippen molar-refractivity contribution in [3.05, 3.63) is 0 Å². The second-order valence-electron chi connectivity index (χ2n) is 7.08. The minimum Gasteiger partial charge on any atom is -0.459 e. The summed E-state index contributed by atoms with van der Waals surface area (Å²) in [6.07, 6.45) is 0.511. The van der Waals surface area contributed by atoms with Crippen molar-refractivity contribution in [2.75, 3.05) is 0 Å². The summed E-state index contributed by atoms with van der Waals surface area (Å²) < 4.78 is 10.7. The van der Waals surface area contributed by atoms with Crippen molar-refractivity contribution < 1.29 is 19.1 Å². The molecule has 0 heterocycles. The number of esters is 2. The molecule has 1 rings (SSSR count). The van der Waals surface area contributed by atoms with E-state index in [0.29, 0.717) is 6.42 Å². The van der Waals surface area contributed by atoms with Gasteiger partial charge < -0.3 is 9.47 Å². The van der Waals surface area contributed by atoms with E-state index in [2.05, 4.69) is 0 Å². The molecular formula is C14H24O4. The highest BCUT2D eigenvalue weighted by atomic mass is 16.6. The van der Waals surface area contributed by atoms with Gasteiger partial charge in [0, 0.05) is 0 Å². The molecule has 0 N–H and O–H groups in total. The summed E-state index contributed by atoms with van der Waals surface area (Å²) in [4.78, 5) is 24.3. The lowest BCUT2D eigenvalue weighted by molar-refractivity contribution is -0.177. The third-order valence-electron chi connectivity index (χ3n) is 2.84. The van der Waals surface area contributed by atoms with Crippen LogP contribution in [-0.4, -0.2) is 23.1 Å². The molecule has 4 nitrogen and oxygen atoms in total. The van der Waals surface area contributed by atoms with Gasteiger partial charge in [-0.05, 0) is 53.9 Å². The highest BCUT2D eigenvalue weighted by molar-refractivity contribution is 6.04. The zero-order valence-corrected chi connectivity index (χ0v) is 12.4. The Bertz CT molecular complexity index is 329. The predicted molar refractivity (Wildman–Crippen MR) is 67.9 cm³/mol. The van der Waals surface area contributed by atoms with E-state index in [4.69, 9.17) is 9.47 Å².